The zero-order valence-corrected chi connectivity index (χ0v) is 10.8. The minimum Gasteiger partial charge on any atom is -0.325 e. The summed E-state index contributed by atoms with van der Waals surface area (Å²) in [6, 6.07) is 12.0. The number of halogens is 4. The van der Waals surface area contributed by atoms with E-state index in [0.29, 0.717) is 5.56 Å². The summed E-state index contributed by atoms with van der Waals surface area (Å²) in [5.41, 5.74) is 0.335. The van der Waals surface area contributed by atoms with Crippen molar-refractivity contribution in [2.45, 2.75) is 18.0 Å². The Labute approximate surface area is 116 Å². The molecule has 2 aromatic carbocycles. The predicted octanol–water partition coefficient (Wildman–Crippen LogP) is 4.75. The molecule has 0 atom stereocenters. The Morgan fingerprint density at radius 1 is 1.00 bits per heavy atom. The van der Waals surface area contributed by atoms with Crippen LogP contribution in [-0.4, -0.2) is 15.9 Å². The molecule has 0 amide bonds. The van der Waals surface area contributed by atoms with Gasteiger partial charge in [0.15, 0.2) is 0 Å². The number of fused-ring (bicyclic) bond motifs is 1. The van der Waals surface area contributed by atoms with Crippen molar-refractivity contribution in [3.8, 4) is 0 Å². The zero-order valence-electron chi connectivity index (χ0n) is 10.0. The Hall–Kier alpha value is -1.31. The van der Waals surface area contributed by atoms with Crippen molar-refractivity contribution >= 4 is 22.8 Å². The summed E-state index contributed by atoms with van der Waals surface area (Å²) in [6.45, 7) is -0.687. The van der Waals surface area contributed by atoms with Gasteiger partial charge in [-0.25, -0.2) is 0 Å². The van der Waals surface area contributed by atoms with Crippen LogP contribution < -0.4 is 0 Å². The molecule has 0 bridgehead atoms. The molecule has 0 aliphatic heterocycles. The lowest BCUT2D eigenvalue weighted by molar-refractivity contribution is -0.320. The Balaban J connectivity index is 2.13. The molecule has 0 fully saturated rings. The lowest BCUT2D eigenvalue weighted by atomic mass is 10.1. The standard InChI is InChI=1S/C13H10F4O2S/c14-12(15,13(16,17)20-18)19-8-9-5-6-10-3-1-2-4-11(10)7-9/h1-7,18H,8H2. The first kappa shape index (κ1) is 15.1. The summed E-state index contributed by atoms with van der Waals surface area (Å²) >= 11 is -1.24. The highest BCUT2D eigenvalue weighted by Gasteiger charge is 2.59. The lowest BCUT2D eigenvalue weighted by Gasteiger charge is -2.23. The number of ether oxygens (including phenoxy) is 1. The van der Waals surface area contributed by atoms with Gasteiger partial charge in [-0.1, -0.05) is 36.4 Å². The molecule has 0 aliphatic rings. The van der Waals surface area contributed by atoms with Crippen LogP contribution in [0.15, 0.2) is 42.5 Å². The molecule has 108 valence electrons. The molecule has 0 heterocycles. The topological polar surface area (TPSA) is 29.5 Å². The first-order valence-corrected chi connectivity index (χ1v) is 6.33. The van der Waals surface area contributed by atoms with Crippen molar-refractivity contribution in [1.82, 2.24) is 0 Å². The molecule has 2 aromatic rings. The quantitative estimate of drug-likeness (QED) is 0.638. The van der Waals surface area contributed by atoms with E-state index in [1.165, 1.54) is 6.07 Å². The summed E-state index contributed by atoms with van der Waals surface area (Å²) < 4.78 is 63.7. The fourth-order valence-corrected chi connectivity index (χ4v) is 1.80. The van der Waals surface area contributed by atoms with Gasteiger partial charge in [-0.3, -0.25) is 0 Å². The third-order valence-corrected chi connectivity index (χ3v) is 3.15. The summed E-state index contributed by atoms with van der Waals surface area (Å²) in [5.74, 6) is 0. The Bertz CT molecular complexity index is 604. The maximum absolute atomic E-state index is 13.0. The largest absolute Gasteiger partial charge is 0.432 e. The van der Waals surface area contributed by atoms with Gasteiger partial charge >= 0.3 is 11.4 Å². The Morgan fingerprint density at radius 3 is 2.30 bits per heavy atom. The Kier molecular flexibility index (Phi) is 4.22. The van der Waals surface area contributed by atoms with Crippen LogP contribution >= 0.6 is 12.0 Å². The first-order valence-electron chi connectivity index (χ1n) is 5.55. The van der Waals surface area contributed by atoms with Crippen LogP contribution in [0.5, 0.6) is 0 Å². The normalized spacial score (nSPS) is 12.8. The highest BCUT2D eigenvalue weighted by atomic mass is 32.2. The molecule has 1 N–H and O–H groups in total. The van der Waals surface area contributed by atoms with Gasteiger partial charge in [0.1, 0.15) is 0 Å². The minimum absolute atomic E-state index is 0.335. The minimum atomic E-state index is -4.75. The van der Waals surface area contributed by atoms with Crippen molar-refractivity contribution < 1.29 is 26.9 Å². The molecule has 2 rings (SSSR count). The van der Waals surface area contributed by atoms with Gasteiger partial charge in [-0.05, 0) is 22.4 Å². The highest BCUT2D eigenvalue weighted by Crippen LogP contribution is 2.42. The zero-order chi connectivity index (χ0) is 14.8. The van der Waals surface area contributed by atoms with E-state index in [1.807, 2.05) is 12.1 Å². The third-order valence-electron chi connectivity index (χ3n) is 2.69. The number of hydrogen-bond donors (Lipinski definition) is 1. The van der Waals surface area contributed by atoms with Crippen LogP contribution in [0.1, 0.15) is 5.56 Å². The van der Waals surface area contributed by atoms with Crippen molar-refractivity contribution in [3.63, 3.8) is 0 Å². The molecular formula is C13H10F4O2S. The monoisotopic (exact) mass is 306 g/mol. The molecule has 2 nitrogen and oxygen atoms in total. The van der Waals surface area contributed by atoms with Gasteiger partial charge in [0.25, 0.3) is 0 Å². The van der Waals surface area contributed by atoms with E-state index in [1.54, 1.807) is 24.3 Å². The van der Waals surface area contributed by atoms with Crippen LogP contribution in [0.25, 0.3) is 10.8 Å². The average Bonchev–Trinajstić information content (AvgIpc) is 2.44. The Morgan fingerprint density at radius 2 is 1.65 bits per heavy atom. The molecule has 0 aromatic heterocycles. The van der Waals surface area contributed by atoms with Crippen LogP contribution in [0.2, 0.25) is 0 Å². The lowest BCUT2D eigenvalue weighted by Crippen LogP contribution is -2.39. The molecule has 0 unspecified atom stereocenters. The van der Waals surface area contributed by atoms with Crippen molar-refractivity contribution in [2.24, 2.45) is 0 Å². The molecule has 0 spiro atoms. The van der Waals surface area contributed by atoms with E-state index in [0.717, 1.165) is 10.8 Å². The number of hydrogen-bond acceptors (Lipinski definition) is 3. The van der Waals surface area contributed by atoms with E-state index in [4.69, 9.17) is 4.55 Å². The molecule has 0 radical (unpaired) electrons. The van der Waals surface area contributed by atoms with Crippen LogP contribution in [0.4, 0.5) is 17.6 Å². The molecule has 0 aliphatic carbocycles. The summed E-state index contributed by atoms with van der Waals surface area (Å²) in [7, 11) is 0. The molecule has 0 saturated carbocycles. The van der Waals surface area contributed by atoms with Gasteiger partial charge in [-0.15, -0.1) is 0 Å². The van der Waals surface area contributed by atoms with E-state index >= 15 is 0 Å². The van der Waals surface area contributed by atoms with E-state index < -0.39 is 30.0 Å². The van der Waals surface area contributed by atoms with E-state index in [-0.39, 0.29) is 0 Å². The maximum Gasteiger partial charge on any atom is 0.432 e. The third kappa shape index (κ3) is 3.05. The second-order valence-electron chi connectivity index (χ2n) is 4.10. The van der Waals surface area contributed by atoms with Crippen LogP contribution in [-0.2, 0) is 11.3 Å². The van der Waals surface area contributed by atoms with Gasteiger partial charge < -0.3 is 9.29 Å². The van der Waals surface area contributed by atoms with Gasteiger partial charge in [0.2, 0.25) is 0 Å². The molecular weight excluding hydrogens is 296 g/mol. The second kappa shape index (κ2) is 5.59. The van der Waals surface area contributed by atoms with E-state index in [9.17, 15) is 17.6 Å². The SMILES string of the molecule is OSC(F)(F)C(F)(F)OCc1ccc2ccccc2c1. The number of alkyl halides is 4. The smallest absolute Gasteiger partial charge is 0.325 e. The molecule has 7 heteroatoms. The average molecular weight is 306 g/mol. The summed E-state index contributed by atoms with van der Waals surface area (Å²) in [6.07, 6.45) is -4.75. The molecule has 20 heavy (non-hydrogen) atoms. The number of rotatable bonds is 5. The summed E-state index contributed by atoms with van der Waals surface area (Å²) in [4.78, 5) is 0. The van der Waals surface area contributed by atoms with Crippen molar-refractivity contribution in [2.75, 3.05) is 0 Å². The number of benzene rings is 2. The first-order chi connectivity index (χ1) is 9.36. The van der Waals surface area contributed by atoms with Crippen molar-refractivity contribution in [1.29, 1.82) is 0 Å². The predicted molar refractivity (Wildman–Crippen MR) is 68.9 cm³/mol. The highest BCUT2D eigenvalue weighted by molar-refractivity contribution is 7.94. The molecule has 0 saturated heterocycles. The fraction of sp³-hybridized carbons (Fsp3) is 0.231. The van der Waals surface area contributed by atoms with Crippen LogP contribution in [0, 0.1) is 0 Å². The van der Waals surface area contributed by atoms with Gasteiger partial charge in [-0.2, -0.15) is 17.6 Å². The van der Waals surface area contributed by atoms with E-state index in [2.05, 4.69) is 4.74 Å². The van der Waals surface area contributed by atoms with Crippen molar-refractivity contribution in [3.05, 3.63) is 48.0 Å². The second-order valence-corrected chi connectivity index (χ2v) is 4.79. The van der Waals surface area contributed by atoms with Gasteiger partial charge in [0.05, 0.1) is 18.6 Å². The fourth-order valence-electron chi connectivity index (χ4n) is 1.64. The van der Waals surface area contributed by atoms with Gasteiger partial charge in [0, 0.05) is 0 Å². The summed E-state index contributed by atoms with van der Waals surface area (Å²) in [5, 5.41) is -3.00. The maximum atomic E-state index is 13.0. The van der Waals surface area contributed by atoms with Crippen LogP contribution in [0.3, 0.4) is 0 Å².